The predicted octanol–water partition coefficient (Wildman–Crippen LogP) is 3.28. The monoisotopic (exact) mass is 258 g/mol. The number of amides is 1. The van der Waals surface area contributed by atoms with Crippen LogP contribution in [0.1, 0.15) is 21.5 Å². The number of rotatable bonds is 2. The van der Waals surface area contributed by atoms with Crippen LogP contribution in [0.3, 0.4) is 0 Å². The van der Waals surface area contributed by atoms with Gasteiger partial charge in [-0.05, 0) is 43.2 Å². The van der Waals surface area contributed by atoms with Gasteiger partial charge in [-0.3, -0.25) is 4.79 Å². The molecule has 19 heavy (non-hydrogen) atoms. The highest BCUT2D eigenvalue weighted by atomic mass is 19.1. The molecule has 0 bridgehead atoms. The molecule has 0 aliphatic rings. The SMILES string of the molecule is Cc1cccc(C)c1C(=O)Nc1ccc(F)cc1N. The Kier molecular flexibility index (Phi) is 3.51. The van der Waals surface area contributed by atoms with E-state index in [4.69, 9.17) is 5.73 Å². The summed E-state index contributed by atoms with van der Waals surface area (Å²) in [5, 5.41) is 2.70. The van der Waals surface area contributed by atoms with Crippen LogP contribution in [0.2, 0.25) is 0 Å². The number of nitrogens with one attached hydrogen (secondary N) is 1. The van der Waals surface area contributed by atoms with E-state index in [-0.39, 0.29) is 11.6 Å². The standard InChI is InChI=1S/C15H15FN2O/c1-9-4-3-5-10(2)14(9)15(19)18-13-7-6-11(16)8-12(13)17/h3-8H,17H2,1-2H3,(H,18,19). The molecule has 0 radical (unpaired) electrons. The Balaban J connectivity index is 2.31. The first-order valence-electron chi connectivity index (χ1n) is 5.91. The quantitative estimate of drug-likeness (QED) is 0.812. The van der Waals surface area contributed by atoms with E-state index in [1.54, 1.807) is 0 Å². The summed E-state index contributed by atoms with van der Waals surface area (Å²) < 4.78 is 12.9. The van der Waals surface area contributed by atoms with Crippen LogP contribution in [0.5, 0.6) is 0 Å². The fraction of sp³-hybridized carbons (Fsp3) is 0.133. The fourth-order valence-electron chi connectivity index (χ4n) is 2.00. The van der Waals surface area contributed by atoms with Crippen LogP contribution in [0, 0.1) is 19.7 Å². The van der Waals surface area contributed by atoms with Gasteiger partial charge in [0, 0.05) is 5.56 Å². The number of nitrogen functional groups attached to an aromatic ring is 1. The number of benzene rings is 2. The number of halogens is 1. The molecule has 2 aromatic rings. The molecule has 0 saturated heterocycles. The number of carbonyl (C=O) groups is 1. The highest BCUT2D eigenvalue weighted by molar-refractivity contribution is 6.07. The molecule has 0 atom stereocenters. The molecule has 0 aliphatic carbocycles. The van der Waals surface area contributed by atoms with Crippen LogP contribution in [0.25, 0.3) is 0 Å². The maximum Gasteiger partial charge on any atom is 0.256 e. The van der Waals surface area contributed by atoms with Gasteiger partial charge in [0.1, 0.15) is 5.82 Å². The summed E-state index contributed by atoms with van der Waals surface area (Å²) in [7, 11) is 0. The molecule has 1 amide bonds. The van der Waals surface area contributed by atoms with Gasteiger partial charge in [-0.2, -0.15) is 0 Å². The van der Waals surface area contributed by atoms with E-state index < -0.39 is 5.82 Å². The highest BCUT2D eigenvalue weighted by Gasteiger charge is 2.13. The second kappa shape index (κ2) is 5.10. The summed E-state index contributed by atoms with van der Waals surface area (Å²) in [6, 6.07) is 9.53. The third-order valence-electron chi connectivity index (χ3n) is 2.97. The van der Waals surface area contributed by atoms with Gasteiger partial charge < -0.3 is 11.1 Å². The second-order valence-corrected chi connectivity index (χ2v) is 4.45. The van der Waals surface area contributed by atoms with Crippen LogP contribution < -0.4 is 11.1 Å². The molecule has 0 saturated carbocycles. The Hall–Kier alpha value is -2.36. The molecule has 0 spiro atoms. The van der Waals surface area contributed by atoms with Gasteiger partial charge in [-0.15, -0.1) is 0 Å². The van der Waals surface area contributed by atoms with Gasteiger partial charge in [-0.1, -0.05) is 18.2 Å². The number of aryl methyl sites for hydroxylation is 2. The van der Waals surface area contributed by atoms with Crippen LogP contribution in [-0.4, -0.2) is 5.91 Å². The van der Waals surface area contributed by atoms with Gasteiger partial charge >= 0.3 is 0 Å². The maximum absolute atomic E-state index is 12.9. The molecular formula is C15H15FN2O. The van der Waals surface area contributed by atoms with Gasteiger partial charge in [-0.25, -0.2) is 4.39 Å². The average molecular weight is 258 g/mol. The van der Waals surface area contributed by atoms with Crippen molar-refractivity contribution in [2.45, 2.75) is 13.8 Å². The van der Waals surface area contributed by atoms with Crippen molar-refractivity contribution >= 4 is 17.3 Å². The van der Waals surface area contributed by atoms with Crippen molar-refractivity contribution in [3.05, 3.63) is 58.9 Å². The molecule has 4 heteroatoms. The number of nitrogens with two attached hydrogens (primary N) is 1. The summed E-state index contributed by atoms with van der Waals surface area (Å²) in [5.74, 6) is -0.670. The van der Waals surface area contributed by atoms with Crippen LogP contribution >= 0.6 is 0 Å². The van der Waals surface area contributed by atoms with Crippen LogP contribution in [-0.2, 0) is 0 Å². The maximum atomic E-state index is 12.9. The topological polar surface area (TPSA) is 55.1 Å². The Labute approximate surface area is 111 Å². The zero-order valence-electron chi connectivity index (χ0n) is 10.8. The molecule has 3 nitrogen and oxygen atoms in total. The lowest BCUT2D eigenvalue weighted by Gasteiger charge is -2.12. The average Bonchev–Trinajstić information content (AvgIpc) is 2.32. The van der Waals surface area contributed by atoms with Crippen molar-refractivity contribution in [1.29, 1.82) is 0 Å². The molecule has 3 N–H and O–H groups in total. The summed E-state index contributed by atoms with van der Waals surface area (Å²) in [5.41, 5.74) is 8.68. The second-order valence-electron chi connectivity index (χ2n) is 4.45. The molecule has 0 aliphatic heterocycles. The lowest BCUT2D eigenvalue weighted by Crippen LogP contribution is -2.16. The molecule has 0 unspecified atom stereocenters. The first-order chi connectivity index (χ1) is 8.99. The summed E-state index contributed by atoms with van der Waals surface area (Å²) in [6.07, 6.45) is 0. The third-order valence-corrected chi connectivity index (χ3v) is 2.97. The predicted molar refractivity (Wildman–Crippen MR) is 74.7 cm³/mol. The largest absolute Gasteiger partial charge is 0.397 e. The van der Waals surface area contributed by atoms with E-state index in [1.165, 1.54) is 18.2 Å². The van der Waals surface area contributed by atoms with Crippen LogP contribution in [0.4, 0.5) is 15.8 Å². The minimum atomic E-state index is -0.428. The van der Waals surface area contributed by atoms with Crippen molar-refractivity contribution in [1.82, 2.24) is 0 Å². The molecule has 98 valence electrons. The molecule has 0 heterocycles. The third kappa shape index (κ3) is 2.73. The molecular weight excluding hydrogens is 243 g/mol. The van der Waals surface area contributed by atoms with E-state index in [9.17, 15) is 9.18 Å². The van der Waals surface area contributed by atoms with Crippen molar-refractivity contribution in [2.75, 3.05) is 11.1 Å². The van der Waals surface area contributed by atoms with Gasteiger partial charge in [0.2, 0.25) is 0 Å². The fourth-order valence-corrected chi connectivity index (χ4v) is 2.00. The van der Waals surface area contributed by atoms with E-state index in [2.05, 4.69) is 5.32 Å². The highest BCUT2D eigenvalue weighted by Crippen LogP contribution is 2.21. The van der Waals surface area contributed by atoms with E-state index >= 15 is 0 Å². The minimum absolute atomic E-state index is 0.208. The lowest BCUT2D eigenvalue weighted by molar-refractivity contribution is 0.102. The van der Waals surface area contributed by atoms with Crippen molar-refractivity contribution in [3.8, 4) is 0 Å². The van der Waals surface area contributed by atoms with Gasteiger partial charge in [0.25, 0.3) is 5.91 Å². The molecule has 2 rings (SSSR count). The zero-order valence-corrected chi connectivity index (χ0v) is 10.8. The van der Waals surface area contributed by atoms with E-state index in [1.807, 2.05) is 32.0 Å². The van der Waals surface area contributed by atoms with Crippen LogP contribution in [0.15, 0.2) is 36.4 Å². The molecule has 2 aromatic carbocycles. The first kappa shape index (κ1) is 13.1. The Bertz CT molecular complexity index is 618. The van der Waals surface area contributed by atoms with Gasteiger partial charge in [0.05, 0.1) is 11.4 Å². The van der Waals surface area contributed by atoms with Crippen molar-refractivity contribution < 1.29 is 9.18 Å². The van der Waals surface area contributed by atoms with Gasteiger partial charge in [0.15, 0.2) is 0 Å². The zero-order chi connectivity index (χ0) is 14.0. The molecule has 0 aromatic heterocycles. The number of carbonyl (C=O) groups excluding carboxylic acids is 1. The van der Waals surface area contributed by atoms with Crippen molar-refractivity contribution in [2.24, 2.45) is 0 Å². The van der Waals surface area contributed by atoms with Crippen molar-refractivity contribution in [3.63, 3.8) is 0 Å². The Morgan fingerprint density at radius 3 is 2.37 bits per heavy atom. The summed E-state index contributed by atoms with van der Waals surface area (Å²) >= 11 is 0. The Morgan fingerprint density at radius 1 is 1.16 bits per heavy atom. The van der Waals surface area contributed by atoms with E-state index in [0.29, 0.717) is 11.3 Å². The smallest absolute Gasteiger partial charge is 0.256 e. The first-order valence-corrected chi connectivity index (χ1v) is 5.91. The lowest BCUT2D eigenvalue weighted by atomic mass is 10.0. The number of hydrogen-bond acceptors (Lipinski definition) is 2. The summed E-state index contributed by atoms with van der Waals surface area (Å²) in [4.78, 5) is 12.2. The van der Waals surface area contributed by atoms with E-state index in [0.717, 1.165) is 11.1 Å². The Morgan fingerprint density at radius 2 is 1.79 bits per heavy atom. The number of anilines is 2. The molecule has 0 fully saturated rings. The summed E-state index contributed by atoms with van der Waals surface area (Å²) in [6.45, 7) is 3.74. The minimum Gasteiger partial charge on any atom is -0.397 e. The normalized spacial score (nSPS) is 10.3. The number of hydrogen-bond donors (Lipinski definition) is 2.